The first-order valence-electron chi connectivity index (χ1n) is 11.6. The van der Waals surface area contributed by atoms with Gasteiger partial charge in [-0.2, -0.15) is 13.2 Å². The van der Waals surface area contributed by atoms with Crippen LogP contribution in [0.1, 0.15) is 34.7 Å². The van der Waals surface area contributed by atoms with E-state index in [2.05, 4.69) is 20.6 Å². The number of nitrogens with one attached hydrogen (secondary N) is 3. The summed E-state index contributed by atoms with van der Waals surface area (Å²) in [5, 5.41) is 0. The molecule has 7 nitrogen and oxygen atoms in total. The van der Waals surface area contributed by atoms with Crippen LogP contribution in [0.2, 0.25) is 0 Å². The van der Waals surface area contributed by atoms with Gasteiger partial charge < -0.3 is 10.2 Å². The Bertz CT molecular complexity index is 1570. The molecule has 0 bridgehead atoms. The number of pyridine rings is 1. The Hall–Kier alpha value is -4.06. The highest BCUT2D eigenvalue weighted by Crippen LogP contribution is 2.44. The third-order valence-electron chi connectivity index (χ3n) is 6.28. The second-order valence-corrected chi connectivity index (χ2v) is 10.4. The number of sulfonamides is 1. The van der Waals surface area contributed by atoms with E-state index in [1.807, 2.05) is 0 Å². The molecule has 0 aliphatic carbocycles. The van der Waals surface area contributed by atoms with Gasteiger partial charge in [0, 0.05) is 29.3 Å². The van der Waals surface area contributed by atoms with Crippen molar-refractivity contribution in [2.24, 2.45) is 0 Å². The minimum absolute atomic E-state index is 0.0439. The molecule has 0 fully saturated rings. The smallest absolute Gasteiger partial charge is 0.416 e. The highest BCUT2D eigenvalue weighted by molar-refractivity contribution is 7.89. The van der Waals surface area contributed by atoms with Gasteiger partial charge in [-0.05, 0) is 61.4 Å². The van der Waals surface area contributed by atoms with Crippen molar-refractivity contribution in [3.63, 3.8) is 0 Å². The number of ether oxygens (including phenoxy) is 1. The van der Waals surface area contributed by atoms with Crippen LogP contribution < -0.4 is 20.3 Å². The summed E-state index contributed by atoms with van der Waals surface area (Å²) < 4.78 is 88.7. The maximum atomic E-state index is 13.9. The summed E-state index contributed by atoms with van der Waals surface area (Å²) in [4.78, 5) is 4.15. The molecule has 5 rings (SSSR count). The zero-order valence-electron chi connectivity index (χ0n) is 19.9. The van der Waals surface area contributed by atoms with Gasteiger partial charge in [0.25, 0.3) is 10.0 Å². The van der Waals surface area contributed by atoms with Crippen molar-refractivity contribution in [2.75, 3.05) is 6.61 Å². The molecule has 2 aliphatic rings. The van der Waals surface area contributed by atoms with E-state index in [-0.39, 0.29) is 34.3 Å². The summed E-state index contributed by atoms with van der Waals surface area (Å²) in [5.74, 6) is -0.445. The number of hydrazine groups is 1. The summed E-state index contributed by atoms with van der Waals surface area (Å²) in [6, 6.07) is 10.3. The van der Waals surface area contributed by atoms with Crippen molar-refractivity contribution in [1.82, 2.24) is 20.6 Å². The normalized spacial score (nSPS) is 17.0. The lowest BCUT2D eigenvalue weighted by Gasteiger charge is -2.29. The maximum absolute atomic E-state index is 13.9. The minimum Gasteiger partial charge on any atom is -0.493 e. The summed E-state index contributed by atoms with van der Waals surface area (Å²) in [5.41, 5.74) is 6.15. The number of allylic oxidation sites excluding steroid dienone is 2. The van der Waals surface area contributed by atoms with Gasteiger partial charge in [0.2, 0.25) is 0 Å². The number of fused-ring (bicyclic) bond motifs is 1. The van der Waals surface area contributed by atoms with Gasteiger partial charge in [-0.15, -0.1) is 0 Å². The van der Waals surface area contributed by atoms with E-state index in [1.165, 1.54) is 43.3 Å². The SMILES string of the molecule is Cc1nc(-c2cc(C(F)(F)F)ccc2[C@H]2CCOc3cc(S(=O)(=O)NC4=CC=CNN4)ccc32)ccc1F. The predicted molar refractivity (Wildman–Crippen MR) is 132 cm³/mol. The molecule has 12 heteroatoms. The number of benzene rings is 2. The number of aromatic nitrogens is 1. The fraction of sp³-hybridized carbons (Fsp3) is 0.192. The number of halogens is 4. The van der Waals surface area contributed by atoms with Crippen molar-refractivity contribution in [3.05, 3.63) is 101 Å². The summed E-state index contributed by atoms with van der Waals surface area (Å²) >= 11 is 0. The number of rotatable bonds is 5. The fourth-order valence-corrected chi connectivity index (χ4v) is 5.46. The number of nitrogens with zero attached hydrogens (tertiary/aromatic N) is 1. The molecule has 198 valence electrons. The van der Waals surface area contributed by atoms with E-state index in [9.17, 15) is 26.0 Å². The van der Waals surface area contributed by atoms with Crippen LogP contribution in [0.15, 0.2) is 77.6 Å². The molecule has 3 N–H and O–H groups in total. The van der Waals surface area contributed by atoms with Gasteiger partial charge in [-0.3, -0.25) is 15.1 Å². The van der Waals surface area contributed by atoms with E-state index < -0.39 is 33.5 Å². The average Bonchev–Trinajstić information content (AvgIpc) is 2.89. The topological polar surface area (TPSA) is 92.3 Å². The van der Waals surface area contributed by atoms with Crippen molar-refractivity contribution >= 4 is 10.0 Å². The Morgan fingerprint density at radius 1 is 1.08 bits per heavy atom. The maximum Gasteiger partial charge on any atom is 0.416 e. The standard InChI is InChI=1S/C26H22F4N4O3S/c1-15-22(27)8-9-23(32-15)21-13-16(26(28,29)30)4-6-18(21)19-10-12-37-24-14-17(5-7-20(19)24)38(35,36)34-25-3-2-11-31-33-25/h2-9,11,13-14,19,31,33-34H,10,12H2,1H3/t19-/m1/s1. The van der Waals surface area contributed by atoms with Crippen molar-refractivity contribution < 1.29 is 30.7 Å². The molecule has 0 saturated heterocycles. The lowest BCUT2D eigenvalue weighted by Crippen LogP contribution is -2.38. The second-order valence-electron chi connectivity index (χ2n) is 8.77. The van der Waals surface area contributed by atoms with Gasteiger partial charge >= 0.3 is 6.18 Å². The zero-order valence-corrected chi connectivity index (χ0v) is 20.8. The van der Waals surface area contributed by atoms with E-state index in [0.29, 0.717) is 23.3 Å². The van der Waals surface area contributed by atoms with E-state index in [1.54, 1.807) is 18.3 Å². The molecule has 2 aliphatic heterocycles. The Morgan fingerprint density at radius 3 is 2.58 bits per heavy atom. The fourth-order valence-electron chi connectivity index (χ4n) is 4.43. The molecular weight excluding hydrogens is 524 g/mol. The molecule has 1 atom stereocenters. The summed E-state index contributed by atoms with van der Waals surface area (Å²) in [6.45, 7) is 1.66. The van der Waals surface area contributed by atoms with Gasteiger partial charge in [-0.1, -0.05) is 12.1 Å². The zero-order chi connectivity index (χ0) is 27.1. The number of hydrogen-bond acceptors (Lipinski definition) is 6. The molecule has 1 aromatic heterocycles. The lowest BCUT2D eigenvalue weighted by molar-refractivity contribution is -0.137. The number of hydrogen-bond donors (Lipinski definition) is 3. The molecule has 0 saturated carbocycles. The molecule has 0 unspecified atom stereocenters. The molecular formula is C26H22F4N4O3S. The Labute approximate surface area is 216 Å². The third kappa shape index (κ3) is 5.03. The highest BCUT2D eigenvalue weighted by atomic mass is 32.2. The molecule has 0 radical (unpaired) electrons. The van der Waals surface area contributed by atoms with Gasteiger partial charge in [0.15, 0.2) is 0 Å². The monoisotopic (exact) mass is 546 g/mol. The Balaban J connectivity index is 1.56. The van der Waals surface area contributed by atoms with Crippen LogP contribution in [0.5, 0.6) is 5.75 Å². The van der Waals surface area contributed by atoms with Gasteiger partial charge in [0.05, 0.1) is 28.5 Å². The highest BCUT2D eigenvalue weighted by Gasteiger charge is 2.33. The Kier molecular flexibility index (Phi) is 6.51. The first kappa shape index (κ1) is 25.6. The summed E-state index contributed by atoms with van der Waals surface area (Å²) in [7, 11) is -3.96. The minimum atomic E-state index is -4.58. The number of aryl methyl sites for hydroxylation is 1. The van der Waals surface area contributed by atoms with Crippen LogP contribution in [0.4, 0.5) is 17.6 Å². The van der Waals surface area contributed by atoms with Crippen LogP contribution in [-0.2, 0) is 16.2 Å². The largest absolute Gasteiger partial charge is 0.493 e. The van der Waals surface area contributed by atoms with Crippen LogP contribution in [0.25, 0.3) is 11.3 Å². The van der Waals surface area contributed by atoms with Crippen LogP contribution in [0, 0.1) is 12.7 Å². The van der Waals surface area contributed by atoms with E-state index in [0.717, 1.165) is 12.1 Å². The first-order chi connectivity index (χ1) is 18.0. The lowest BCUT2D eigenvalue weighted by atomic mass is 9.82. The van der Waals surface area contributed by atoms with E-state index >= 15 is 0 Å². The molecule has 3 heterocycles. The van der Waals surface area contributed by atoms with Crippen molar-refractivity contribution in [1.29, 1.82) is 0 Å². The quantitative estimate of drug-likeness (QED) is 0.396. The predicted octanol–water partition coefficient (Wildman–Crippen LogP) is 4.87. The second kappa shape index (κ2) is 9.67. The van der Waals surface area contributed by atoms with E-state index in [4.69, 9.17) is 4.74 Å². The number of alkyl halides is 3. The molecule has 2 aromatic carbocycles. The third-order valence-corrected chi connectivity index (χ3v) is 7.64. The summed E-state index contributed by atoms with van der Waals surface area (Å²) in [6.07, 6.45) is 0.595. The van der Waals surface area contributed by atoms with Crippen molar-refractivity contribution in [2.45, 2.75) is 30.3 Å². The van der Waals surface area contributed by atoms with Crippen LogP contribution in [-0.4, -0.2) is 20.0 Å². The first-order valence-corrected chi connectivity index (χ1v) is 13.0. The molecule has 38 heavy (non-hydrogen) atoms. The molecule has 0 amide bonds. The van der Waals surface area contributed by atoms with Crippen LogP contribution >= 0.6 is 0 Å². The molecule has 3 aromatic rings. The average molecular weight is 547 g/mol. The molecule has 0 spiro atoms. The van der Waals surface area contributed by atoms with Crippen LogP contribution in [0.3, 0.4) is 0 Å². The van der Waals surface area contributed by atoms with Crippen molar-refractivity contribution in [3.8, 4) is 17.0 Å². The van der Waals surface area contributed by atoms with Gasteiger partial charge in [-0.25, -0.2) is 12.8 Å². The Morgan fingerprint density at radius 2 is 1.87 bits per heavy atom. The van der Waals surface area contributed by atoms with Gasteiger partial charge in [0.1, 0.15) is 17.4 Å².